The highest BCUT2D eigenvalue weighted by molar-refractivity contribution is 9.10. The van der Waals surface area contributed by atoms with E-state index < -0.39 is 17.9 Å². The summed E-state index contributed by atoms with van der Waals surface area (Å²) in [5, 5.41) is 9.26. The van der Waals surface area contributed by atoms with Crippen LogP contribution in [0.1, 0.15) is 25.5 Å². The average molecular weight is 318 g/mol. The molecule has 1 saturated heterocycles. The van der Waals surface area contributed by atoms with E-state index in [1.165, 1.54) is 11.0 Å². The number of hydrogen-bond acceptors (Lipinski definition) is 2. The van der Waals surface area contributed by atoms with Gasteiger partial charge in [0.1, 0.15) is 11.5 Å². The Labute approximate surface area is 112 Å². The maximum atomic E-state index is 13.2. The van der Waals surface area contributed by atoms with Crippen molar-refractivity contribution in [1.29, 1.82) is 0 Å². The standard InChI is InChI=1S/C12H13BrFNO3/c1-12(2)15(11(16)17)10(6-18-12)7-3-4-9(14)8(13)5-7/h3-5,10H,6H2,1-2H3,(H,16,17). The molecule has 1 N–H and O–H groups in total. The molecule has 98 valence electrons. The first-order valence-electron chi connectivity index (χ1n) is 5.44. The van der Waals surface area contributed by atoms with Crippen LogP contribution < -0.4 is 0 Å². The molecule has 1 amide bonds. The highest BCUT2D eigenvalue weighted by Crippen LogP contribution is 2.37. The van der Waals surface area contributed by atoms with Gasteiger partial charge < -0.3 is 9.84 Å². The zero-order valence-electron chi connectivity index (χ0n) is 9.98. The quantitative estimate of drug-likeness (QED) is 0.864. The van der Waals surface area contributed by atoms with Crippen LogP contribution in [-0.2, 0) is 4.74 Å². The summed E-state index contributed by atoms with van der Waals surface area (Å²) in [6, 6.07) is 4.05. The fourth-order valence-corrected chi connectivity index (χ4v) is 2.53. The molecule has 0 saturated carbocycles. The summed E-state index contributed by atoms with van der Waals surface area (Å²) < 4.78 is 19.0. The van der Waals surface area contributed by atoms with Gasteiger partial charge in [0.2, 0.25) is 0 Å². The van der Waals surface area contributed by atoms with Gasteiger partial charge in [-0.3, -0.25) is 4.90 Å². The number of carboxylic acid groups (broad SMARTS) is 1. The van der Waals surface area contributed by atoms with Crippen LogP contribution in [0, 0.1) is 5.82 Å². The predicted molar refractivity (Wildman–Crippen MR) is 66.7 cm³/mol. The van der Waals surface area contributed by atoms with Crippen LogP contribution in [0.5, 0.6) is 0 Å². The van der Waals surface area contributed by atoms with Crippen molar-refractivity contribution in [2.75, 3.05) is 6.61 Å². The molecule has 1 aromatic rings. The van der Waals surface area contributed by atoms with Gasteiger partial charge in [-0.25, -0.2) is 9.18 Å². The van der Waals surface area contributed by atoms with Crippen molar-refractivity contribution in [3.8, 4) is 0 Å². The molecule has 1 atom stereocenters. The second kappa shape index (κ2) is 4.51. The summed E-state index contributed by atoms with van der Waals surface area (Å²) in [4.78, 5) is 12.6. The zero-order valence-corrected chi connectivity index (χ0v) is 11.6. The Bertz CT molecular complexity index is 492. The molecule has 6 heteroatoms. The third-order valence-corrected chi connectivity index (χ3v) is 3.63. The minimum atomic E-state index is -1.05. The van der Waals surface area contributed by atoms with Crippen molar-refractivity contribution >= 4 is 22.0 Å². The second-order valence-corrected chi connectivity index (χ2v) is 5.45. The Morgan fingerprint density at radius 1 is 1.61 bits per heavy atom. The average Bonchev–Trinajstić information content (AvgIpc) is 2.58. The number of nitrogens with zero attached hydrogens (tertiary/aromatic N) is 1. The number of carbonyl (C=O) groups is 1. The van der Waals surface area contributed by atoms with Crippen LogP contribution in [-0.4, -0.2) is 28.4 Å². The summed E-state index contributed by atoms with van der Waals surface area (Å²) in [5.74, 6) is -0.376. The van der Waals surface area contributed by atoms with Crippen LogP contribution in [0.25, 0.3) is 0 Å². The van der Waals surface area contributed by atoms with E-state index in [-0.39, 0.29) is 12.4 Å². The normalized spacial score (nSPS) is 22.2. The van der Waals surface area contributed by atoms with Crippen molar-refractivity contribution < 1.29 is 19.0 Å². The van der Waals surface area contributed by atoms with Crippen LogP contribution in [0.15, 0.2) is 22.7 Å². The fraction of sp³-hybridized carbons (Fsp3) is 0.417. The molecule has 18 heavy (non-hydrogen) atoms. The largest absolute Gasteiger partial charge is 0.465 e. The second-order valence-electron chi connectivity index (χ2n) is 4.60. The summed E-state index contributed by atoms with van der Waals surface area (Å²) in [6.45, 7) is 3.65. The van der Waals surface area contributed by atoms with Gasteiger partial charge >= 0.3 is 6.09 Å². The topological polar surface area (TPSA) is 49.8 Å². The maximum Gasteiger partial charge on any atom is 0.410 e. The predicted octanol–water partition coefficient (Wildman–Crippen LogP) is 3.38. The lowest BCUT2D eigenvalue weighted by Gasteiger charge is -2.31. The minimum absolute atomic E-state index is 0.261. The van der Waals surface area contributed by atoms with Gasteiger partial charge in [0.15, 0.2) is 0 Å². The van der Waals surface area contributed by atoms with Gasteiger partial charge in [0.05, 0.1) is 17.1 Å². The third kappa shape index (κ3) is 2.22. The highest BCUT2D eigenvalue weighted by atomic mass is 79.9. The Balaban J connectivity index is 2.38. The first kappa shape index (κ1) is 13.3. The monoisotopic (exact) mass is 317 g/mol. The Morgan fingerprint density at radius 3 is 2.83 bits per heavy atom. The lowest BCUT2D eigenvalue weighted by Crippen LogP contribution is -2.44. The van der Waals surface area contributed by atoms with Gasteiger partial charge in [-0.2, -0.15) is 0 Å². The number of rotatable bonds is 1. The molecule has 0 radical (unpaired) electrons. The highest BCUT2D eigenvalue weighted by Gasteiger charge is 2.44. The summed E-state index contributed by atoms with van der Waals surface area (Å²) >= 11 is 3.10. The van der Waals surface area contributed by atoms with Crippen LogP contribution in [0.2, 0.25) is 0 Å². The van der Waals surface area contributed by atoms with Crippen molar-refractivity contribution in [1.82, 2.24) is 4.90 Å². The molecular formula is C12H13BrFNO3. The molecule has 0 bridgehead atoms. The molecule has 1 aliphatic rings. The Kier molecular flexibility index (Phi) is 3.33. The maximum absolute atomic E-state index is 13.2. The van der Waals surface area contributed by atoms with E-state index in [9.17, 15) is 14.3 Å². The van der Waals surface area contributed by atoms with Gasteiger partial charge in [-0.1, -0.05) is 6.07 Å². The molecule has 1 aromatic carbocycles. The lowest BCUT2D eigenvalue weighted by atomic mass is 10.1. The van der Waals surface area contributed by atoms with Gasteiger partial charge in [-0.05, 0) is 47.5 Å². The van der Waals surface area contributed by atoms with E-state index >= 15 is 0 Å². The fourth-order valence-electron chi connectivity index (χ4n) is 2.13. The SMILES string of the molecule is CC1(C)OCC(c2ccc(F)c(Br)c2)N1C(=O)O. The smallest absolute Gasteiger partial charge is 0.410 e. The van der Waals surface area contributed by atoms with Crippen LogP contribution in [0.3, 0.4) is 0 Å². The van der Waals surface area contributed by atoms with Gasteiger partial charge in [0, 0.05) is 0 Å². The molecule has 0 spiro atoms. The van der Waals surface area contributed by atoms with Crippen LogP contribution >= 0.6 is 15.9 Å². The van der Waals surface area contributed by atoms with E-state index in [1.807, 2.05) is 0 Å². The first-order chi connectivity index (χ1) is 8.33. The zero-order chi connectivity index (χ0) is 13.5. The van der Waals surface area contributed by atoms with E-state index in [1.54, 1.807) is 26.0 Å². The number of halogens is 2. The minimum Gasteiger partial charge on any atom is -0.465 e. The number of amides is 1. The molecular weight excluding hydrogens is 305 g/mol. The van der Waals surface area contributed by atoms with E-state index in [2.05, 4.69) is 15.9 Å². The van der Waals surface area contributed by atoms with Gasteiger partial charge in [-0.15, -0.1) is 0 Å². The van der Waals surface area contributed by atoms with E-state index in [0.717, 1.165) is 0 Å². The van der Waals surface area contributed by atoms with Crippen molar-refractivity contribution in [3.05, 3.63) is 34.1 Å². The first-order valence-corrected chi connectivity index (χ1v) is 6.23. The Morgan fingerprint density at radius 2 is 2.28 bits per heavy atom. The van der Waals surface area contributed by atoms with Crippen LogP contribution in [0.4, 0.5) is 9.18 Å². The summed E-state index contributed by atoms with van der Waals surface area (Å²) in [6.07, 6.45) is -1.05. The van der Waals surface area contributed by atoms with Crippen molar-refractivity contribution in [2.45, 2.75) is 25.6 Å². The van der Waals surface area contributed by atoms with E-state index in [0.29, 0.717) is 10.0 Å². The summed E-state index contributed by atoms with van der Waals surface area (Å²) in [5.41, 5.74) is -0.173. The molecule has 1 heterocycles. The molecule has 4 nitrogen and oxygen atoms in total. The lowest BCUT2D eigenvalue weighted by molar-refractivity contribution is -0.0420. The molecule has 1 aliphatic heterocycles. The molecule has 0 aromatic heterocycles. The number of hydrogen-bond donors (Lipinski definition) is 1. The third-order valence-electron chi connectivity index (χ3n) is 3.02. The number of benzene rings is 1. The Hall–Kier alpha value is -1.14. The molecule has 1 fully saturated rings. The van der Waals surface area contributed by atoms with Crippen molar-refractivity contribution in [2.24, 2.45) is 0 Å². The summed E-state index contributed by atoms with van der Waals surface area (Å²) in [7, 11) is 0. The number of ether oxygens (including phenoxy) is 1. The molecule has 1 unspecified atom stereocenters. The van der Waals surface area contributed by atoms with Gasteiger partial charge in [0.25, 0.3) is 0 Å². The molecule has 0 aliphatic carbocycles. The van der Waals surface area contributed by atoms with Crippen molar-refractivity contribution in [3.63, 3.8) is 0 Å². The molecule has 2 rings (SSSR count). The van der Waals surface area contributed by atoms with E-state index in [4.69, 9.17) is 4.74 Å².